The number of benzene rings is 2. The van der Waals surface area contributed by atoms with Crippen LogP contribution in [0.25, 0.3) is 6.08 Å². The number of thioether (sulfide) groups is 1. The van der Waals surface area contributed by atoms with Crippen molar-refractivity contribution in [3.05, 3.63) is 57.5 Å². The second-order valence-corrected chi connectivity index (χ2v) is 6.81. The minimum atomic E-state index is -0.237. The van der Waals surface area contributed by atoms with Crippen molar-refractivity contribution in [1.82, 2.24) is 5.32 Å². The van der Waals surface area contributed by atoms with E-state index in [0.29, 0.717) is 15.6 Å². The average molecular weight is 375 g/mol. The molecule has 0 unspecified atom stereocenters. The molecule has 0 aromatic heterocycles. The highest BCUT2D eigenvalue weighted by Crippen LogP contribution is 2.36. The summed E-state index contributed by atoms with van der Waals surface area (Å²) in [6.07, 6.45) is 1.67. The second kappa shape index (κ2) is 7.21. The van der Waals surface area contributed by atoms with Crippen LogP contribution < -0.4 is 10.1 Å². The third-order valence-corrected chi connectivity index (χ3v) is 4.68. The predicted molar refractivity (Wildman–Crippen MR) is 102 cm³/mol. The van der Waals surface area contributed by atoms with Crippen LogP contribution in [0.5, 0.6) is 11.5 Å². The minimum absolute atomic E-state index is 0.128. The first-order chi connectivity index (χ1) is 12.0. The number of aromatic hydroxyl groups is 1. The van der Waals surface area contributed by atoms with E-state index in [1.165, 1.54) is 18.9 Å². The van der Waals surface area contributed by atoms with Crippen molar-refractivity contribution < 1.29 is 14.6 Å². The van der Waals surface area contributed by atoms with Gasteiger partial charge in [-0.3, -0.25) is 4.79 Å². The first-order valence-corrected chi connectivity index (χ1v) is 8.58. The fraction of sp³-hybridized carbons (Fsp3) is 0.111. The van der Waals surface area contributed by atoms with Gasteiger partial charge >= 0.3 is 0 Å². The molecule has 2 N–H and O–H groups in total. The third-order valence-electron chi connectivity index (χ3n) is 3.48. The summed E-state index contributed by atoms with van der Waals surface area (Å²) in [6.45, 7) is 2.00. The summed E-state index contributed by atoms with van der Waals surface area (Å²) >= 11 is 7.22. The molecule has 1 heterocycles. The lowest BCUT2D eigenvalue weighted by Crippen LogP contribution is -2.19. The topological polar surface area (TPSA) is 70.9 Å². The smallest absolute Gasteiger partial charge is 0.264 e. The molecule has 0 spiro atoms. The summed E-state index contributed by atoms with van der Waals surface area (Å²) in [7, 11) is 1.44. The van der Waals surface area contributed by atoms with Crippen molar-refractivity contribution in [3.63, 3.8) is 0 Å². The maximum atomic E-state index is 12.1. The van der Waals surface area contributed by atoms with Crippen molar-refractivity contribution in [2.45, 2.75) is 6.92 Å². The fourth-order valence-corrected chi connectivity index (χ4v) is 3.26. The van der Waals surface area contributed by atoms with E-state index in [1.54, 1.807) is 18.2 Å². The van der Waals surface area contributed by atoms with Crippen LogP contribution >= 0.6 is 23.4 Å². The number of amidine groups is 1. The molecule has 0 radical (unpaired) electrons. The second-order valence-electron chi connectivity index (χ2n) is 5.37. The van der Waals surface area contributed by atoms with Gasteiger partial charge < -0.3 is 15.2 Å². The zero-order valence-corrected chi connectivity index (χ0v) is 15.1. The quantitative estimate of drug-likeness (QED) is 0.788. The number of aliphatic imine (C=N–C) groups is 1. The Bertz CT molecular complexity index is 892. The first kappa shape index (κ1) is 17.4. The summed E-state index contributed by atoms with van der Waals surface area (Å²) in [6, 6.07) is 10.9. The van der Waals surface area contributed by atoms with Crippen LogP contribution in [0, 0.1) is 6.92 Å². The molecule has 5 nitrogen and oxygen atoms in total. The number of nitrogens with zero attached hydrogens (tertiary/aromatic N) is 1. The summed E-state index contributed by atoms with van der Waals surface area (Å²) in [5, 5.41) is 13.2. The molecular formula is C18H15ClN2O3S. The number of halogens is 1. The van der Waals surface area contributed by atoms with Crippen LogP contribution in [0.1, 0.15) is 11.1 Å². The number of rotatable bonds is 3. The number of hydrogen-bond donors (Lipinski definition) is 2. The highest BCUT2D eigenvalue weighted by Gasteiger charge is 2.24. The monoisotopic (exact) mass is 374 g/mol. The molecule has 0 aliphatic carbocycles. The van der Waals surface area contributed by atoms with Gasteiger partial charge in [0.15, 0.2) is 16.7 Å². The molecule has 0 bridgehead atoms. The van der Waals surface area contributed by atoms with Crippen LogP contribution in [0.2, 0.25) is 5.02 Å². The zero-order valence-electron chi connectivity index (χ0n) is 13.5. The van der Waals surface area contributed by atoms with Gasteiger partial charge in [-0.15, -0.1) is 0 Å². The molecule has 3 rings (SSSR count). The third kappa shape index (κ3) is 3.97. The van der Waals surface area contributed by atoms with E-state index in [9.17, 15) is 9.90 Å². The van der Waals surface area contributed by atoms with Crippen LogP contribution in [0.3, 0.4) is 0 Å². The summed E-state index contributed by atoms with van der Waals surface area (Å²) in [4.78, 5) is 17.0. The molecule has 1 amide bonds. The van der Waals surface area contributed by atoms with E-state index in [1.807, 2.05) is 31.2 Å². The molecule has 1 saturated heterocycles. The maximum absolute atomic E-state index is 12.1. The Balaban J connectivity index is 1.86. The zero-order chi connectivity index (χ0) is 18.0. The predicted octanol–water partition coefficient (Wildman–Crippen LogP) is 4.25. The van der Waals surface area contributed by atoms with Gasteiger partial charge in [0.05, 0.1) is 22.7 Å². The Morgan fingerprint density at radius 2 is 2.00 bits per heavy atom. The number of aryl methyl sites for hydroxylation is 1. The SMILES string of the molecule is COc1cc(/C=C2\SC(=Nc3ccc(C)cc3)NC2=O)cc(Cl)c1O. The number of carbonyl (C=O) groups is 1. The van der Waals surface area contributed by atoms with Gasteiger partial charge in [0.25, 0.3) is 5.91 Å². The standard InChI is InChI=1S/C18H15ClN2O3S/c1-10-3-5-12(6-4-10)20-18-21-17(23)15(25-18)9-11-7-13(19)16(22)14(8-11)24-2/h3-9,22H,1-2H3,(H,20,21,23)/b15-9-. The summed E-state index contributed by atoms with van der Waals surface area (Å²) in [5.74, 6) is -0.119. The van der Waals surface area contributed by atoms with Crippen LogP contribution in [0.4, 0.5) is 5.69 Å². The Labute approximate surface area is 154 Å². The fourth-order valence-electron chi connectivity index (χ4n) is 2.20. The van der Waals surface area contributed by atoms with E-state index in [0.717, 1.165) is 11.3 Å². The van der Waals surface area contributed by atoms with Crippen molar-refractivity contribution in [3.8, 4) is 11.5 Å². The number of hydrogen-bond acceptors (Lipinski definition) is 5. The van der Waals surface area contributed by atoms with E-state index in [-0.39, 0.29) is 22.4 Å². The molecule has 25 heavy (non-hydrogen) atoms. The Kier molecular flexibility index (Phi) is 5.01. The van der Waals surface area contributed by atoms with E-state index < -0.39 is 0 Å². The van der Waals surface area contributed by atoms with E-state index >= 15 is 0 Å². The van der Waals surface area contributed by atoms with Gasteiger partial charge in [-0.2, -0.15) is 0 Å². The van der Waals surface area contributed by atoms with E-state index in [4.69, 9.17) is 16.3 Å². The average Bonchev–Trinajstić information content (AvgIpc) is 2.92. The molecule has 128 valence electrons. The summed E-state index contributed by atoms with van der Waals surface area (Å²) in [5.41, 5.74) is 2.56. The molecule has 1 fully saturated rings. The lowest BCUT2D eigenvalue weighted by molar-refractivity contribution is -0.115. The van der Waals surface area contributed by atoms with Crippen molar-refractivity contribution in [2.75, 3.05) is 7.11 Å². The molecule has 0 atom stereocenters. The lowest BCUT2D eigenvalue weighted by atomic mass is 10.2. The van der Waals surface area contributed by atoms with Crippen molar-refractivity contribution in [1.29, 1.82) is 0 Å². The number of methoxy groups -OCH3 is 1. The summed E-state index contributed by atoms with van der Waals surface area (Å²) < 4.78 is 5.07. The van der Waals surface area contributed by atoms with Crippen molar-refractivity contribution in [2.24, 2.45) is 4.99 Å². The Morgan fingerprint density at radius 3 is 2.68 bits per heavy atom. The van der Waals surface area contributed by atoms with Crippen LogP contribution in [-0.2, 0) is 4.79 Å². The highest BCUT2D eigenvalue weighted by molar-refractivity contribution is 8.18. The number of phenols is 1. The van der Waals surface area contributed by atoms with Gasteiger partial charge in [-0.25, -0.2) is 4.99 Å². The van der Waals surface area contributed by atoms with Gasteiger partial charge in [0.2, 0.25) is 0 Å². The normalized spacial score (nSPS) is 17.2. The van der Waals surface area contributed by atoms with E-state index in [2.05, 4.69) is 10.3 Å². The molecule has 7 heteroatoms. The van der Waals surface area contributed by atoms with Gasteiger partial charge in [0.1, 0.15) is 0 Å². The van der Waals surface area contributed by atoms with Crippen LogP contribution in [0.15, 0.2) is 46.3 Å². The molecule has 1 aliphatic rings. The Morgan fingerprint density at radius 1 is 1.28 bits per heavy atom. The number of phenolic OH excluding ortho intramolecular Hbond substituents is 1. The molecule has 1 aliphatic heterocycles. The molecular weight excluding hydrogens is 360 g/mol. The number of nitrogens with one attached hydrogen (secondary N) is 1. The van der Waals surface area contributed by atoms with Gasteiger partial charge in [-0.1, -0.05) is 29.3 Å². The van der Waals surface area contributed by atoms with Crippen molar-refractivity contribution >= 4 is 46.2 Å². The largest absolute Gasteiger partial charge is 0.503 e. The first-order valence-electron chi connectivity index (χ1n) is 7.39. The maximum Gasteiger partial charge on any atom is 0.264 e. The van der Waals surface area contributed by atoms with Gasteiger partial charge in [0, 0.05) is 0 Å². The highest BCUT2D eigenvalue weighted by atomic mass is 35.5. The minimum Gasteiger partial charge on any atom is -0.503 e. The van der Waals surface area contributed by atoms with Gasteiger partial charge in [-0.05, 0) is 54.6 Å². The van der Waals surface area contributed by atoms with Crippen LogP contribution in [-0.4, -0.2) is 23.3 Å². The molecule has 0 saturated carbocycles. The Hall–Kier alpha value is -2.44. The molecule has 2 aromatic rings. The lowest BCUT2D eigenvalue weighted by Gasteiger charge is -2.06. The number of ether oxygens (including phenoxy) is 1. The number of amides is 1. The number of carbonyl (C=O) groups excluding carboxylic acids is 1. The molecule has 2 aromatic carbocycles.